The van der Waals surface area contributed by atoms with E-state index in [9.17, 15) is 14.4 Å². The Hall–Kier alpha value is -4.42. The molecule has 0 saturated carbocycles. The van der Waals surface area contributed by atoms with Crippen molar-refractivity contribution in [2.45, 2.75) is 33.2 Å². The van der Waals surface area contributed by atoms with Crippen LogP contribution in [0.2, 0.25) is 5.02 Å². The Morgan fingerprint density at radius 1 is 1.15 bits per heavy atom. The first kappa shape index (κ1) is 27.6. The van der Waals surface area contributed by atoms with E-state index in [1.165, 1.54) is 4.68 Å². The molecule has 0 unspecified atom stereocenters. The molecule has 1 atom stereocenters. The van der Waals surface area contributed by atoms with E-state index in [-0.39, 0.29) is 31.6 Å². The number of carbonyl (C=O) groups is 3. The van der Waals surface area contributed by atoms with Crippen LogP contribution in [-0.2, 0) is 32.1 Å². The second kappa shape index (κ2) is 12.0. The number of ether oxygens (including phenoxy) is 2. The standard InChI is InChI=1S/C29H27ClN4O5/c1-4-14-29(17-22-18-33(32-31-22)19-26(35)39-6-3)25(16-20-8-7-9-21(30)15-20)27(36)34(28(29)37)23-10-12-24(13-11-23)38-5-2/h1,7-13,15-16,18H,5-6,14,17,19H2,2-3H3/b25-16-/t29-/m1/s1. The van der Waals surface area contributed by atoms with E-state index in [4.69, 9.17) is 27.5 Å². The lowest BCUT2D eigenvalue weighted by atomic mass is 9.74. The number of amides is 2. The minimum Gasteiger partial charge on any atom is -0.494 e. The van der Waals surface area contributed by atoms with Crippen LogP contribution in [0.4, 0.5) is 5.69 Å². The number of hydrogen-bond donors (Lipinski definition) is 0. The number of aromatic nitrogens is 3. The molecule has 2 aromatic carbocycles. The van der Waals surface area contributed by atoms with Gasteiger partial charge in [-0.2, -0.15) is 0 Å². The molecule has 9 nitrogen and oxygen atoms in total. The summed E-state index contributed by atoms with van der Waals surface area (Å²) in [4.78, 5) is 41.1. The monoisotopic (exact) mass is 546 g/mol. The van der Waals surface area contributed by atoms with Crippen molar-refractivity contribution in [1.29, 1.82) is 0 Å². The number of benzene rings is 2. The molecular weight excluding hydrogens is 520 g/mol. The van der Waals surface area contributed by atoms with Crippen molar-refractivity contribution >= 4 is 41.1 Å². The molecule has 0 N–H and O–H groups in total. The molecule has 4 rings (SSSR count). The van der Waals surface area contributed by atoms with E-state index >= 15 is 0 Å². The van der Waals surface area contributed by atoms with Crippen LogP contribution < -0.4 is 9.64 Å². The third kappa shape index (κ3) is 5.86. The topological polar surface area (TPSA) is 104 Å². The van der Waals surface area contributed by atoms with Crippen LogP contribution in [0, 0.1) is 17.8 Å². The van der Waals surface area contributed by atoms with Gasteiger partial charge in [0.1, 0.15) is 12.3 Å². The smallest absolute Gasteiger partial charge is 0.327 e. The summed E-state index contributed by atoms with van der Waals surface area (Å²) < 4.78 is 11.8. The number of halogens is 1. The molecule has 0 aliphatic carbocycles. The van der Waals surface area contributed by atoms with Gasteiger partial charge in [-0.3, -0.25) is 14.4 Å². The van der Waals surface area contributed by atoms with Crippen LogP contribution in [0.15, 0.2) is 60.3 Å². The van der Waals surface area contributed by atoms with Crippen LogP contribution in [0.1, 0.15) is 31.5 Å². The Morgan fingerprint density at radius 3 is 2.59 bits per heavy atom. The average molecular weight is 547 g/mol. The number of nitrogens with zero attached hydrogens (tertiary/aromatic N) is 4. The Morgan fingerprint density at radius 2 is 1.92 bits per heavy atom. The fraction of sp³-hybridized carbons (Fsp3) is 0.276. The number of imide groups is 1. The molecule has 2 amide bonds. The van der Waals surface area contributed by atoms with Gasteiger partial charge in [0.25, 0.3) is 5.91 Å². The van der Waals surface area contributed by atoms with E-state index in [1.807, 2.05) is 6.92 Å². The van der Waals surface area contributed by atoms with E-state index < -0.39 is 23.2 Å². The number of hydrogen-bond acceptors (Lipinski definition) is 7. The van der Waals surface area contributed by atoms with E-state index in [0.29, 0.717) is 34.3 Å². The molecule has 200 valence electrons. The molecule has 1 aliphatic rings. The molecule has 0 bridgehead atoms. The summed E-state index contributed by atoms with van der Waals surface area (Å²) >= 11 is 6.19. The van der Waals surface area contributed by atoms with E-state index in [2.05, 4.69) is 16.2 Å². The summed E-state index contributed by atoms with van der Waals surface area (Å²) in [7, 11) is 0. The zero-order valence-corrected chi connectivity index (χ0v) is 22.4. The fourth-order valence-electron chi connectivity index (χ4n) is 4.53. The van der Waals surface area contributed by atoms with Crippen molar-refractivity contribution in [3.8, 4) is 18.1 Å². The average Bonchev–Trinajstić information content (AvgIpc) is 3.41. The molecule has 0 spiro atoms. The zero-order chi connectivity index (χ0) is 28.0. The highest BCUT2D eigenvalue weighted by Gasteiger charge is 2.56. The lowest BCUT2D eigenvalue weighted by Gasteiger charge is -2.25. The number of anilines is 1. The summed E-state index contributed by atoms with van der Waals surface area (Å²) in [5, 5.41) is 8.63. The van der Waals surface area contributed by atoms with Crippen molar-refractivity contribution < 1.29 is 23.9 Å². The molecule has 1 aromatic heterocycles. The van der Waals surface area contributed by atoms with Crippen LogP contribution in [0.3, 0.4) is 0 Å². The lowest BCUT2D eigenvalue weighted by Crippen LogP contribution is -2.37. The summed E-state index contributed by atoms with van der Waals surface area (Å²) in [6, 6.07) is 13.6. The molecule has 0 radical (unpaired) electrons. The molecule has 1 aliphatic heterocycles. The molecule has 10 heteroatoms. The molecular formula is C29H27ClN4O5. The predicted octanol–water partition coefficient (Wildman–Crippen LogP) is 4.10. The molecule has 1 fully saturated rings. The number of terminal acetylenes is 1. The quantitative estimate of drug-likeness (QED) is 0.163. The zero-order valence-electron chi connectivity index (χ0n) is 21.6. The van der Waals surface area contributed by atoms with Crippen LogP contribution in [-0.4, -0.2) is 46.0 Å². The second-order valence-electron chi connectivity index (χ2n) is 8.84. The first-order valence-electron chi connectivity index (χ1n) is 12.4. The normalized spacial score (nSPS) is 17.9. The van der Waals surface area contributed by atoms with Gasteiger partial charge in [0.2, 0.25) is 5.91 Å². The third-order valence-electron chi connectivity index (χ3n) is 6.20. The van der Waals surface area contributed by atoms with E-state index in [0.717, 1.165) is 4.90 Å². The summed E-state index contributed by atoms with van der Waals surface area (Å²) in [6.45, 7) is 4.16. The highest BCUT2D eigenvalue weighted by molar-refractivity contribution is 6.33. The van der Waals surface area contributed by atoms with Crippen molar-refractivity contribution in [3.05, 3.63) is 76.6 Å². The third-order valence-corrected chi connectivity index (χ3v) is 6.43. The number of carbonyl (C=O) groups excluding carboxylic acids is 3. The fourth-order valence-corrected chi connectivity index (χ4v) is 4.72. The largest absolute Gasteiger partial charge is 0.494 e. The summed E-state index contributed by atoms with van der Waals surface area (Å²) in [6.07, 6.45) is 8.89. The maximum absolute atomic E-state index is 14.2. The molecule has 39 heavy (non-hydrogen) atoms. The molecule has 2 heterocycles. The second-order valence-corrected chi connectivity index (χ2v) is 9.27. The number of rotatable bonds is 10. The predicted molar refractivity (Wildman–Crippen MR) is 146 cm³/mol. The van der Waals surface area contributed by atoms with E-state index in [1.54, 1.807) is 67.7 Å². The number of esters is 1. The van der Waals surface area contributed by atoms with Crippen molar-refractivity contribution in [2.24, 2.45) is 5.41 Å². The Kier molecular flexibility index (Phi) is 8.47. The van der Waals surface area contributed by atoms with Crippen molar-refractivity contribution in [3.63, 3.8) is 0 Å². The maximum Gasteiger partial charge on any atom is 0.327 e. The van der Waals surface area contributed by atoms with Gasteiger partial charge in [0, 0.05) is 29.6 Å². The van der Waals surface area contributed by atoms with Crippen LogP contribution >= 0.6 is 11.6 Å². The van der Waals surface area contributed by atoms with Crippen molar-refractivity contribution in [1.82, 2.24) is 15.0 Å². The summed E-state index contributed by atoms with van der Waals surface area (Å²) in [5.41, 5.74) is 0.190. The minimum atomic E-state index is -1.43. The highest BCUT2D eigenvalue weighted by Crippen LogP contribution is 2.46. The van der Waals surface area contributed by atoms with Gasteiger partial charge >= 0.3 is 5.97 Å². The maximum atomic E-state index is 14.2. The first-order chi connectivity index (χ1) is 18.8. The Labute approximate surface area is 231 Å². The van der Waals surface area contributed by atoms with Gasteiger partial charge in [-0.1, -0.05) is 28.9 Å². The highest BCUT2D eigenvalue weighted by atomic mass is 35.5. The minimum absolute atomic E-state index is 0.00940. The van der Waals surface area contributed by atoms with Crippen LogP contribution in [0.25, 0.3) is 6.08 Å². The lowest BCUT2D eigenvalue weighted by molar-refractivity contribution is -0.144. The van der Waals surface area contributed by atoms with Gasteiger partial charge in [0.15, 0.2) is 0 Å². The van der Waals surface area contributed by atoms with Gasteiger partial charge in [-0.15, -0.1) is 17.4 Å². The SMILES string of the molecule is C#CC[C@]1(Cc2cn(CC(=O)OCC)nn2)C(=O)N(c2ccc(OCC)cc2)C(=O)/C1=C/c1cccc(Cl)c1. The van der Waals surface area contributed by atoms with Crippen molar-refractivity contribution in [2.75, 3.05) is 18.1 Å². The Balaban J connectivity index is 1.79. The Bertz CT molecular complexity index is 1460. The van der Waals surface area contributed by atoms with Gasteiger partial charge in [-0.25, -0.2) is 9.58 Å². The first-order valence-corrected chi connectivity index (χ1v) is 12.8. The summed E-state index contributed by atoms with van der Waals surface area (Å²) in [5.74, 6) is 1.75. The van der Waals surface area contributed by atoms with Gasteiger partial charge in [0.05, 0.1) is 30.0 Å². The van der Waals surface area contributed by atoms with Gasteiger partial charge in [-0.05, 0) is 61.9 Å². The molecule has 1 saturated heterocycles. The van der Waals surface area contributed by atoms with Gasteiger partial charge < -0.3 is 9.47 Å². The van der Waals surface area contributed by atoms with Crippen LogP contribution in [0.5, 0.6) is 5.75 Å². The molecule has 3 aromatic rings.